The zero-order valence-electron chi connectivity index (χ0n) is 10.7. The Morgan fingerprint density at radius 1 is 1.33 bits per heavy atom. The first-order valence-corrected chi connectivity index (χ1v) is 5.86. The van der Waals surface area contributed by atoms with Crippen molar-refractivity contribution in [2.24, 2.45) is 0 Å². The highest BCUT2D eigenvalue weighted by Crippen LogP contribution is 2.03. The van der Waals surface area contributed by atoms with E-state index in [4.69, 9.17) is 0 Å². The predicted molar refractivity (Wildman–Crippen MR) is 73.5 cm³/mol. The van der Waals surface area contributed by atoms with Crippen LogP contribution in [0.5, 0.6) is 0 Å². The van der Waals surface area contributed by atoms with Crippen LogP contribution in [0.2, 0.25) is 0 Å². The second-order valence-corrected chi connectivity index (χ2v) is 4.07. The first-order chi connectivity index (χ1) is 8.11. The summed E-state index contributed by atoms with van der Waals surface area (Å²) in [7, 11) is 0. The molecular weight excluding hydrogens is 255 g/mol. The molecule has 0 heterocycles. The molecule has 0 aliphatic rings. The van der Waals surface area contributed by atoms with Crippen LogP contribution >= 0.6 is 12.4 Å². The second kappa shape index (κ2) is 8.89. The largest absolute Gasteiger partial charge is 0.354 e. The average molecular weight is 275 g/mol. The highest BCUT2D eigenvalue weighted by Gasteiger charge is 2.05. The molecule has 1 amide bonds. The Kier molecular flexibility index (Phi) is 8.33. The summed E-state index contributed by atoms with van der Waals surface area (Å²) in [4.78, 5) is 11.6. The number of hydrogen-bond acceptors (Lipinski definition) is 2. The molecule has 0 fully saturated rings. The molecular formula is C13H20ClFN2O. The number of benzene rings is 1. The van der Waals surface area contributed by atoms with Gasteiger partial charge in [0.2, 0.25) is 5.91 Å². The maximum atomic E-state index is 12.7. The summed E-state index contributed by atoms with van der Waals surface area (Å²) in [6.07, 6.45) is 0.291. The van der Waals surface area contributed by atoms with Gasteiger partial charge in [-0.05, 0) is 31.2 Å². The van der Waals surface area contributed by atoms with Crippen LogP contribution in [0.1, 0.15) is 19.4 Å². The zero-order chi connectivity index (χ0) is 12.7. The predicted octanol–water partition coefficient (Wildman–Crippen LogP) is 1.90. The molecule has 0 bridgehead atoms. The van der Waals surface area contributed by atoms with Crippen LogP contribution in [-0.4, -0.2) is 25.0 Å². The second-order valence-electron chi connectivity index (χ2n) is 4.07. The van der Waals surface area contributed by atoms with Gasteiger partial charge in [-0.1, -0.05) is 19.1 Å². The van der Waals surface area contributed by atoms with E-state index in [1.807, 2.05) is 13.8 Å². The summed E-state index contributed by atoms with van der Waals surface area (Å²) >= 11 is 0. The number of rotatable bonds is 6. The maximum Gasteiger partial charge on any atom is 0.224 e. The van der Waals surface area contributed by atoms with Crippen molar-refractivity contribution in [3.63, 3.8) is 0 Å². The van der Waals surface area contributed by atoms with E-state index < -0.39 is 0 Å². The minimum Gasteiger partial charge on any atom is -0.354 e. The van der Waals surface area contributed by atoms with Crippen LogP contribution in [-0.2, 0) is 11.2 Å². The van der Waals surface area contributed by atoms with E-state index in [-0.39, 0.29) is 30.2 Å². The molecule has 18 heavy (non-hydrogen) atoms. The van der Waals surface area contributed by atoms with Crippen LogP contribution in [0, 0.1) is 5.82 Å². The van der Waals surface area contributed by atoms with Gasteiger partial charge in [0.1, 0.15) is 5.82 Å². The summed E-state index contributed by atoms with van der Waals surface area (Å²) < 4.78 is 12.7. The van der Waals surface area contributed by atoms with Crippen molar-refractivity contribution in [3.05, 3.63) is 35.6 Å². The molecule has 1 aromatic rings. The maximum absolute atomic E-state index is 12.7. The molecule has 0 spiro atoms. The fourth-order valence-corrected chi connectivity index (χ4v) is 1.54. The molecule has 0 aliphatic heterocycles. The molecule has 0 aliphatic carbocycles. The number of likely N-dealkylation sites (N-methyl/N-ethyl adjacent to an activating group) is 1. The van der Waals surface area contributed by atoms with Crippen LogP contribution in [0.4, 0.5) is 4.39 Å². The molecule has 102 valence electrons. The fraction of sp³-hybridized carbons (Fsp3) is 0.462. The topological polar surface area (TPSA) is 41.1 Å². The van der Waals surface area contributed by atoms with E-state index in [2.05, 4.69) is 10.6 Å². The monoisotopic (exact) mass is 274 g/mol. The first-order valence-electron chi connectivity index (χ1n) is 5.86. The van der Waals surface area contributed by atoms with E-state index in [1.54, 1.807) is 12.1 Å². The quantitative estimate of drug-likeness (QED) is 0.832. The molecule has 0 unspecified atom stereocenters. The third-order valence-corrected chi connectivity index (χ3v) is 2.44. The highest BCUT2D eigenvalue weighted by molar-refractivity contribution is 5.85. The molecule has 5 heteroatoms. The van der Waals surface area contributed by atoms with E-state index in [9.17, 15) is 9.18 Å². The molecule has 0 radical (unpaired) electrons. The summed E-state index contributed by atoms with van der Waals surface area (Å²) in [5, 5.41) is 6.04. The lowest BCUT2D eigenvalue weighted by molar-refractivity contribution is -0.120. The van der Waals surface area contributed by atoms with Crippen LogP contribution in [0.3, 0.4) is 0 Å². The smallest absolute Gasteiger partial charge is 0.224 e. The van der Waals surface area contributed by atoms with Crippen molar-refractivity contribution in [2.45, 2.75) is 26.3 Å². The molecule has 2 N–H and O–H groups in total. The summed E-state index contributed by atoms with van der Waals surface area (Å²) in [6.45, 7) is 5.53. The van der Waals surface area contributed by atoms with Gasteiger partial charge in [0.15, 0.2) is 0 Å². The fourth-order valence-electron chi connectivity index (χ4n) is 1.54. The number of halogens is 2. The Bertz CT molecular complexity index is 357. The third kappa shape index (κ3) is 6.57. The average Bonchev–Trinajstić information content (AvgIpc) is 2.30. The number of hydrogen-bond donors (Lipinski definition) is 2. The van der Waals surface area contributed by atoms with Crippen molar-refractivity contribution >= 4 is 18.3 Å². The minimum absolute atomic E-state index is 0. The lowest BCUT2D eigenvalue weighted by Crippen LogP contribution is -2.39. The van der Waals surface area contributed by atoms with Gasteiger partial charge in [-0.3, -0.25) is 4.79 Å². The van der Waals surface area contributed by atoms with Crippen LogP contribution in [0.15, 0.2) is 24.3 Å². The zero-order valence-corrected chi connectivity index (χ0v) is 11.5. The summed E-state index contributed by atoms with van der Waals surface area (Å²) in [5.41, 5.74) is 0.819. The standard InChI is InChI=1S/C13H19FN2O.ClH/c1-3-15-10(2)9-16-13(17)8-11-4-6-12(14)7-5-11;/h4-7,10,15H,3,8-9H2,1-2H3,(H,16,17);1H/t10-;/m1./s1. The normalized spacial score (nSPS) is 11.5. The number of carbonyl (C=O) groups excluding carboxylic acids is 1. The van der Waals surface area contributed by atoms with Crippen molar-refractivity contribution in [1.82, 2.24) is 10.6 Å². The van der Waals surface area contributed by atoms with Crippen molar-refractivity contribution in [3.8, 4) is 0 Å². The Hall–Kier alpha value is -1.13. The van der Waals surface area contributed by atoms with Gasteiger partial charge in [-0.2, -0.15) is 0 Å². The van der Waals surface area contributed by atoms with Gasteiger partial charge in [0, 0.05) is 12.6 Å². The van der Waals surface area contributed by atoms with Crippen LogP contribution < -0.4 is 10.6 Å². The lowest BCUT2D eigenvalue weighted by atomic mass is 10.1. The molecule has 1 aromatic carbocycles. The first kappa shape index (κ1) is 16.9. The van der Waals surface area contributed by atoms with Crippen molar-refractivity contribution < 1.29 is 9.18 Å². The van der Waals surface area contributed by atoms with E-state index in [0.29, 0.717) is 13.0 Å². The van der Waals surface area contributed by atoms with E-state index in [0.717, 1.165) is 12.1 Å². The summed E-state index contributed by atoms with van der Waals surface area (Å²) in [6, 6.07) is 6.25. The molecule has 0 saturated carbocycles. The molecule has 3 nitrogen and oxygen atoms in total. The van der Waals surface area contributed by atoms with Gasteiger partial charge in [-0.25, -0.2) is 4.39 Å². The van der Waals surface area contributed by atoms with Crippen molar-refractivity contribution in [1.29, 1.82) is 0 Å². The molecule has 0 aromatic heterocycles. The molecule has 0 saturated heterocycles. The van der Waals surface area contributed by atoms with E-state index in [1.165, 1.54) is 12.1 Å². The Balaban J connectivity index is 0.00000289. The third-order valence-electron chi connectivity index (χ3n) is 2.44. The molecule has 1 atom stereocenters. The van der Waals surface area contributed by atoms with Gasteiger partial charge in [0.05, 0.1) is 6.42 Å². The highest BCUT2D eigenvalue weighted by atomic mass is 35.5. The van der Waals surface area contributed by atoms with Gasteiger partial charge < -0.3 is 10.6 Å². The van der Waals surface area contributed by atoms with Gasteiger partial charge in [-0.15, -0.1) is 12.4 Å². The van der Waals surface area contributed by atoms with Gasteiger partial charge >= 0.3 is 0 Å². The van der Waals surface area contributed by atoms with Gasteiger partial charge in [0.25, 0.3) is 0 Å². The van der Waals surface area contributed by atoms with E-state index >= 15 is 0 Å². The Morgan fingerprint density at radius 3 is 2.50 bits per heavy atom. The number of amides is 1. The molecule has 1 rings (SSSR count). The number of carbonyl (C=O) groups is 1. The Morgan fingerprint density at radius 2 is 1.94 bits per heavy atom. The Labute approximate surface area is 114 Å². The summed E-state index contributed by atoms with van der Waals surface area (Å²) in [5.74, 6) is -0.323. The lowest BCUT2D eigenvalue weighted by Gasteiger charge is -2.13. The number of nitrogens with one attached hydrogen (secondary N) is 2. The van der Waals surface area contributed by atoms with Crippen molar-refractivity contribution in [2.75, 3.05) is 13.1 Å². The van der Waals surface area contributed by atoms with Crippen LogP contribution in [0.25, 0.3) is 0 Å². The SMILES string of the molecule is CCN[C@H](C)CNC(=O)Cc1ccc(F)cc1.Cl. The minimum atomic E-state index is -0.282.